The van der Waals surface area contributed by atoms with E-state index >= 15 is 0 Å². The lowest BCUT2D eigenvalue weighted by atomic mass is 10.0. The number of primary amides is 1. The predicted octanol–water partition coefficient (Wildman–Crippen LogP) is 1.10. The SMILES string of the molecule is Cc1ccc(C(=O)NCCCC[C@H](NC(=O)COCCOCCCC(=O)CCC(NC(=O)CC[C@H](C)C(=O)O)C(=O)O)C(N)=O)cc1. The number of rotatable bonds is 26. The number of carboxylic acids is 2. The molecule has 0 bridgehead atoms. The smallest absolute Gasteiger partial charge is 0.326 e. The Morgan fingerprint density at radius 2 is 1.40 bits per heavy atom. The molecule has 7 N–H and O–H groups in total. The molecule has 0 fully saturated rings. The van der Waals surface area contributed by atoms with Gasteiger partial charge in [0, 0.05) is 38.0 Å². The van der Waals surface area contributed by atoms with E-state index in [2.05, 4.69) is 16.0 Å². The molecule has 0 aliphatic rings. The summed E-state index contributed by atoms with van der Waals surface area (Å²) in [5.74, 6) is -5.23. The van der Waals surface area contributed by atoms with Gasteiger partial charge in [-0.3, -0.25) is 28.8 Å². The van der Waals surface area contributed by atoms with Crippen LogP contribution in [0.25, 0.3) is 0 Å². The van der Waals surface area contributed by atoms with Crippen LogP contribution in [0, 0.1) is 12.8 Å². The van der Waals surface area contributed by atoms with Crippen LogP contribution in [0.15, 0.2) is 24.3 Å². The number of ketones is 1. The van der Waals surface area contributed by atoms with Gasteiger partial charge in [0.1, 0.15) is 24.5 Å². The van der Waals surface area contributed by atoms with Gasteiger partial charge in [-0.2, -0.15) is 0 Å². The Morgan fingerprint density at radius 3 is 2.04 bits per heavy atom. The van der Waals surface area contributed by atoms with Crippen molar-refractivity contribution in [2.75, 3.05) is 33.0 Å². The zero-order valence-electron chi connectivity index (χ0n) is 27.1. The number of carbonyl (C=O) groups is 7. The molecule has 1 aromatic rings. The minimum Gasteiger partial charge on any atom is -0.481 e. The molecular weight excluding hydrogens is 616 g/mol. The number of nitrogens with two attached hydrogens (primary N) is 1. The Kier molecular flexibility index (Phi) is 19.9. The lowest BCUT2D eigenvalue weighted by Gasteiger charge is -2.15. The van der Waals surface area contributed by atoms with E-state index in [4.69, 9.17) is 20.3 Å². The zero-order chi connectivity index (χ0) is 35.2. The Balaban J connectivity index is 2.14. The van der Waals surface area contributed by atoms with Gasteiger partial charge in [0.05, 0.1) is 19.1 Å². The Labute approximate surface area is 274 Å². The fraction of sp³-hybridized carbons (Fsp3) is 0.594. The van der Waals surface area contributed by atoms with Gasteiger partial charge in [-0.15, -0.1) is 0 Å². The number of ether oxygens (including phenoxy) is 2. The number of nitrogens with one attached hydrogen (secondary N) is 3. The molecule has 15 nitrogen and oxygen atoms in total. The maximum absolute atomic E-state index is 12.2. The summed E-state index contributed by atoms with van der Waals surface area (Å²) < 4.78 is 10.6. The normalized spacial score (nSPS) is 12.7. The van der Waals surface area contributed by atoms with Gasteiger partial charge in [0.2, 0.25) is 17.7 Å². The largest absolute Gasteiger partial charge is 0.481 e. The molecule has 1 aromatic carbocycles. The molecular formula is C32H48N4O11. The molecule has 4 amide bonds. The molecule has 0 heterocycles. The highest BCUT2D eigenvalue weighted by Gasteiger charge is 2.22. The Bertz CT molecular complexity index is 1190. The van der Waals surface area contributed by atoms with Crippen LogP contribution in [-0.4, -0.2) is 96.6 Å². The molecule has 0 radical (unpaired) electrons. The molecule has 3 atom stereocenters. The van der Waals surface area contributed by atoms with Crippen LogP contribution in [0.3, 0.4) is 0 Å². The molecule has 0 saturated heterocycles. The third-order valence-corrected chi connectivity index (χ3v) is 7.12. The lowest BCUT2D eigenvalue weighted by molar-refractivity contribution is -0.143. The van der Waals surface area contributed by atoms with Crippen molar-refractivity contribution < 1.29 is 53.2 Å². The monoisotopic (exact) mass is 664 g/mol. The van der Waals surface area contributed by atoms with Gasteiger partial charge in [-0.1, -0.05) is 24.6 Å². The van der Waals surface area contributed by atoms with Crippen LogP contribution < -0.4 is 21.7 Å². The number of aliphatic carboxylic acids is 2. The number of benzene rings is 1. The zero-order valence-corrected chi connectivity index (χ0v) is 27.1. The van der Waals surface area contributed by atoms with Crippen molar-refractivity contribution in [1.29, 1.82) is 0 Å². The van der Waals surface area contributed by atoms with Crippen LogP contribution in [0.4, 0.5) is 0 Å². The van der Waals surface area contributed by atoms with Gasteiger partial charge in [0.15, 0.2) is 0 Å². The molecule has 262 valence electrons. The van der Waals surface area contributed by atoms with Crippen LogP contribution in [0.2, 0.25) is 0 Å². The number of carboxylic acid groups (broad SMARTS) is 2. The minimum absolute atomic E-state index is 0.0577. The quantitative estimate of drug-likeness (QED) is 0.0766. The van der Waals surface area contributed by atoms with Crippen LogP contribution >= 0.6 is 0 Å². The number of unbranched alkanes of at least 4 members (excludes halogenated alkanes) is 1. The van der Waals surface area contributed by atoms with Crippen molar-refractivity contribution in [3.05, 3.63) is 35.4 Å². The summed E-state index contributed by atoms with van der Waals surface area (Å²) >= 11 is 0. The summed E-state index contributed by atoms with van der Waals surface area (Å²) in [6.07, 6.45) is 1.76. The van der Waals surface area contributed by atoms with Crippen molar-refractivity contribution >= 4 is 41.4 Å². The first-order chi connectivity index (χ1) is 22.3. The molecule has 1 unspecified atom stereocenters. The van der Waals surface area contributed by atoms with Crippen LogP contribution in [0.1, 0.15) is 80.6 Å². The van der Waals surface area contributed by atoms with E-state index in [1.165, 1.54) is 6.92 Å². The molecule has 47 heavy (non-hydrogen) atoms. The first-order valence-corrected chi connectivity index (χ1v) is 15.7. The summed E-state index contributed by atoms with van der Waals surface area (Å²) in [5, 5.41) is 25.9. The third kappa shape index (κ3) is 19.0. The van der Waals surface area contributed by atoms with Crippen molar-refractivity contribution in [3.8, 4) is 0 Å². The van der Waals surface area contributed by atoms with E-state index in [1.807, 2.05) is 19.1 Å². The first-order valence-electron chi connectivity index (χ1n) is 15.7. The average Bonchev–Trinajstić information content (AvgIpc) is 3.02. The van der Waals surface area contributed by atoms with Gasteiger partial charge in [0.25, 0.3) is 5.91 Å². The highest BCUT2D eigenvalue weighted by atomic mass is 16.5. The van der Waals surface area contributed by atoms with Gasteiger partial charge >= 0.3 is 11.9 Å². The van der Waals surface area contributed by atoms with Crippen molar-refractivity contribution in [3.63, 3.8) is 0 Å². The fourth-order valence-electron chi connectivity index (χ4n) is 4.19. The standard InChI is InChI=1S/C32H48N4O11/c1-21-8-11-23(12-9-21)30(41)34-16-4-3-7-25(29(33)40)35-28(39)20-47-19-18-46-17-5-6-24(37)13-14-26(32(44)45)36-27(38)15-10-22(2)31(42)43/h8-9,11-12,22,25-26H,3-7,10,13-20H2,1-2H3,(H2,33,40)(H,34,41)(H,35,39)(H,36,38)(H,42,43)(H,44,45)/t22-,25-,26?/m0/s1. The topological polar surface area (TPSA) is 241 Å². The maximum Gasteiger partial charge on any atom is 0.326 e. The number of hydrogen-bond donors (Lipinski definition) is 6. The number of Topliss-reactive ketones (excluding diaryl/α,β-unsaturated/α-hetero) is 1. The molecule has 0 saturated carbocycles. The van der Waals surface area contributed by atoms with E-state index in [1.54, 1.807) is 12.1 Å². The average molecular weight is 665 g/mol. The summed E-state index contributed by atoms with van der Waals surface area (Å²) in [6.45, 7) is 3.97. The number of amides is 4. The second-order valence-electron chi connectivity index (χ2n) is 11.2. The predicted molar refractivity (Wildman–Crippen MR) is 169 cm³/mol. The van der Waals surface area contributed by atoms with E-state index in [9.17, 15) is 38.7 Å². The molecule has 0 aliphatic heterocycles. The molecule has 0 aliphatic carbocycles. The highest BCUT2D eigenvalue weighted by Crippen LogP contribution is 2.08. The van der Waals surface area contributed by atoms with E-state index in [-0.39, 0.29) is 70.2 Å². The third-order valence-electron chi connectivity index (χ3n) is 7.12. The van der Waals surface area contributed by atoms with Crippen molar-refractivity contribution in [2.45, 2.75) is 83.7 Å². The van der Waals surface area contributed by atoms with Crippen molar-refractivity contribution in [2.24, 2.45) is 11.7 Å². The molecule has 0 spiro atoms. The highest BCUT2D eigenvalue weighted by molar-refractivity contribution is 5.94. The Hall–Kier alpha value is -4.37. The van der Waals surface area contributed by atoms with E-state index < -0.39 is 47.7 Å². The van der Waals surface area contributed by atoms with Gasteiger partial charge in [-0.05, 0) is 57.6 Å². The molecule has 0 aromatic heterocycles. The second kappa shape index (κ2) is 23.0. The number of hydrogen-bond acceptors (Lipinski definition) is 9. The van der Waals surface area contributed by atoms with E-state index in [0.717, 1.165) is 5.56 Å². The number of aryl methyl sites for hydroxylation is 1. The van der Waals surface area contributed by atoms with Crippen LogP contribution in [0.5, 0.6) is 0 Å². The van der Waals surface area contributed by atoms with E-state index in [0.29, 0.717) is 37.8 Å². The first kappa shape index (κ1) is 40.7. The van der Waals surface area contributed by atoms with Crippen LogP contribution in [-0.2, 0) is 38.2 Å². The fourth-order valence-corrected chi connectivity index (χ4v) is 4.19. The lowest BCUT2D eigenvalue weighted by Crippen LogP contribution is -2.45. The summed E-state index contributed by atoms with van der Waals surface area (Å²) in [6, 6.07) is 5.07. The van der Waals surface area contributed by atoms with Gasteiger partial charge < -0.3 is 41.4 Å². The minimum atomic E-state index is -1.28. The Morgan fingerprint density at radius 1 is 0.745 bits per heavy atom. The molecule has 15 heteroatoms. The second-order valence-corrected chi connectivity index (χ2v) is 11.2. The summed E-state index contributed by atoms with van der Waals surface area (Å²) in [5.41, 5.74) is 7.02. The molecule has 1 rings (SSSR count). The van der Waals surface area contributed by atoms with Crippen molar-refractivity contribution in [1.82, 2.24) is 16.0 Å². The number of carbonyl (C=O) groups excluding carboxylic acids is 5. The van der Waals surface area contributed by atoms with Gasteiger partial charge in [-0.25, -0.2) is 4.79 Å². The summed E-state index contributed by atoms with van der Waals surface area (Å²) in [7, 11) is 0. The maximum atomic E-state index is 12.2. The summed E-state index contributed by atoms with van der Waals surface area (Å²) in [4.78, 5) is 82.4.